The molecule has 10 rings (SSSR count). The number of benzene rings is 7. The lowest BCUT2D eigenvalue weighted by Gasteiger charge is -2.40. The lowest BCUT2D eigenvalue weighted by molar-refractivity contribution is 0.487. The Labute approximate surface area is 267 Å². The molecule has 0 atom stereocenters. The monoisotopic (exact) mass is 586 g/mol. The third-order valence-electron chi connectivity index (χ3n) is 9.66. The molecular weight excluding hydrogens is 559 g/mol. The molecule has 2 aliphatic heterocycles. The second kappa shape index (κ2) is 9.75. The number of fused-ring (bicyclic) bond motifs is 7. The minimum Gasteiger partial charge on any atom is -0.458 e. The number of ether oxygens (including phenoxy) is 1. The van der Waals surface area contributed by atoms with Crippen molar-refractivity contribution in [3.8, 4) is 28.3 Å². The Morgan fingerprint density at radius 2 is 1.13 bits per heavy atom. The van der Waals surface area contributed by atoms with Gasteiger partial charge >= 0.3 is 0 Å². The molecule has 2 aliphatic rings. The summed E-state index contributed by atoms with van der Waals surface area (Å²) in [6.45, 7) is 0.105. The summed E-state index contributed by atoms with van der Waals surface area (Å²) in [4.78, 5) is 2.44. The maximum absolute atomic E-state index is 6.54. The molecule has 1 aromatic heterocycles. The van der Waals surface area contributed by atoms with Crippen LogP contribution in [0.4, 0.5) is 17.1 Å². The maximum Gasteiger partial charge on any atom is 0.256 e. The Morgan fingerprint density at radius 1 is 0.457 bits per heavy atom. The molecule has 7 aromatic carbocycles. The molecule has 0 aliphatic carbocycles. The first-order chi connectivity index (χ1) is 22.8. The van der Waals surface area contributed by atoms with E-state index in [0.29, 0.717) is 0 Å². The van der Waals surface area contributed by atoms with E-state index >= 15 is 0 Å². The average molecular weight is 587 g/mol. The van der Waals surface area contributed by atoms with Crippen LogP contribution in [0.15, 0.2) is 164 Å². The molecule has 0 fully saturated rings. The number of nitrogens with zero attached hydrogens (tertiary/aromatic N) is 2. The molecule has 46 heavy (non-hydrogen) atoms. The second-order valence-corrected chi connectivity index (χ2v) is 12.1. The third-order valence-corrected chi connectivity index (χ3v) is 9.66. The van der Waals surface area contributed by atoms with E-state index in [-0.39, 0.29) is 6.71 Å². The average Bonchev–Trinajstić information content (AvgIpc) is 3.45. The SMILES string of the molecule is c1ccc(-n2c3ccccc3c3ccc(-c4ccccc4N4c5ccccc5B5c6ccccc6Oc6cccc4c65)cc32)cc1. The van der Waals surface area contributed by atoms with Crippen LogP contribution in [-0.2, 0) is 0 Å². The smallest absolute Gasteiger partial charge is 0.256 e. The molecule has 0 spiro atoms. The van der Waals surface area contributed by atoms with Gasteiger partial charge in [0.2, 0.25) is 0 Å². The molecule has 0 bridgehead atoms. The van der Waals surface area contributed by atoms with Gasteiger partial charge in [0.25, 0.3) is 6.71 Å². The second-order valence-electron chi connectivity index (χ2n) is 12.1. The number of aromatic nitrogens is 1. The predicted octanol–water partition coefficient (Wildman–Crippen LogP) is 8.86. The molecule has 0 amide bonds. The maximum atomic E-state index is 6.54. The zero-order chi connectivity index (χ0) is 30.2. The largest absolute Gasteiger partial charge is 0.458 e. The van der Waals surface area contributed by atoms with E-state index in [9.17, 15) is 0 Å². The molecule has 0 radical (unpaired) electrons. The quantitative estimate of drug-likeness (QED) is 0.193. The molecule has 0 saturated heterocycles. The Hall–Kier alpha value is -6.00. The van der Waals surface area contributed by atoms with Crippen LogP contribution in [0.3, 0.4) is 0 Å². The van der Waals surface area contributed by atoms with Crippen molar-refractivity contribution in [2.24, 2.45) is 0 Å². The van der Waals surface area contributed by atoms with E-state index in [2.05, 4.69) is 173 Å². The fourth-order valence-electron chi connectivity index (χ4n) is 7.75. The highest BCUT2D eigenvalue weighted by Gasteiger charge is 2.41. The molecule has 4 heteroatoms. The van der Waals surface area contributed by atoms with Gasteiger partial charge in [-0.3, -0.25) is 0 Å². The molecule has 0 saturated carbocycles. The number of para-hydroxylation sites is 5. The van der Waals surface area contributed by atoms with Gasteiger partial charge in [-0.05, 0) is 76.5 Å². The highest BCUT2D eigenvalue weighted by Crippen LogP contribution is 2.45. The summed E-state index contributed by atoms with van der Waals surface area (Å²) in [7, 11) is 0. The van der Waals surface area contributed by atoms with Crippen LogP contribution in [0.25, 0.3) is 38.6 Å². The lowest BCUT2D eigenvalue weighted by atomic mass is 9.34. The molecule has 3 heterocycles. The number of hydrogen-bond donors (Lipinski definition) is 0. The lowest BCUT2D eigenvalue weighted by Crippen LogP contribution is -2.59. The van der Waals surface area contributed by atoms with E-state index < -0.39 is 0 Å². The van der Waals surface area contributed by atoms with E-state index in [0.717, 1.165) is 28.6 Å². The Bertz CT molecular complexity index is 2480. The summed E-state index contributed by atoms with van der Waals surface area (Å²) in [5, 5.41) is 2.51. The minimum atomic E-state index is 0.105. The van der Waals surface area contributed by atoms with Gasteiger partial charge in [0.15, 0.2) is 0 Å². The summed E-state index contributed by atoms with van der Waals surface area (Å²) in [6.07, 6.45) is 0. The topological polar surface area (TPSA) is 17.4 Å². The van der Waals surface area contributed by atoms with Crippen molar-refractivity contribution in [1.29, 1.82) is 0 Å². The zero-order valence-corrected chi connectivity index (χ0v) is 25.0. The summed E-state index contributed by atoms with van der Waals surface area (Å²) < 4.78 is 8.93. The van der Waals surface area contributed by atoms with E-state index in [1.165, 1.54) is 55.0 Å². The molecule has 0 N–H and O–H groups in total. The molecule has 8 aromatic rings. The van der Waals surface area contributed by atoms with E-state index in [4.69, 9.17) is 4.74 Å². The molecular formula is C42H27BN2O. The van der Waals surface area contributed by atoms with Gasteiger partial charge in [-0.1, -0.05) is 109 Å². The normalized spacial score (nSPS) is 12.9. The van der Waals surface area contributed by atoms with Crippen molar-refractivity contribution in [3.63, 3.8) is 0 Å². The standard InChI is InChI=1S/C42H27BN2O/c1-2-13-29(14-3-1)44-36-20-9-5-16-31(36)32-26-25-28(27-39(32)44)30-15-4-8-19-35(30)45-37-21-10-6-17-33(37)43-34-18-7-11-23-40(34)46-41-24-12-22-38(45)42(41)43/h1-27H. The first-order valence-corrected chi connectivity index (χ1v) is 15.8. The summed E-state index contributed by atoms with van der Waals surface area (Å²) in [5.74, 6) is 1.86. The predicted molar refractivity (Wildman–Crippen MR) is 192 cm³/mol. The Morgan fingerprint density at radius 3 is 2.04 bits per heavy atom. The van der Waals surface area contributed by atoms with Gasteiger partial charge < -0.3 is 14.2 Å². The van der Waals surface area contributed by atoms with Crippen molar-refractivity contribution in [2.75, 3.05) is 4.90 Å². The molecule has 214 valence electrons. The fraction of sp³-hybridized carbons (Fsp3) is 0. The van der Waals surface area contributed by atoms with Crippen molar-refractivity contribution in [3.05, 3.63) is 164 Å². The fourth-order valence-corrected chi connectivity index (χ4v) is 7.75. The van der Waals surface area contributed by atoms with Gasteiger partial charge in [-0.2, -0.15) is 0 Å². The summed E-state index contributed by atoms with van der Waals surface area (Å²) in [6, 6.07) is 58.9. The first kappa shape index (κ1) is 25.3. The van der Waals surface area contributed by atoms with E-state index in [1.807, 2.05) is 0 Å². The highest BCUT2D eigenvalue weighted by atomic mass is 16.5. The van der Waals surface area contributed by atoms with Crippen molar-refractivity contribution in [2.45, 2.75) is 0 Å². The molecule has 0 unspecified atom stereocenters. The summed E-state index contributed by atoms with van der Waals surface area (Å²) >= 11 is 0. The van der Waals surface area contributed by atoms with Crippen molar-refractivity contribution < 1.29 is 4.74 Å². The Balaban J connectivity index is 1.21. The van der Waals surface area contributed by atoms with Gasteiger partial charge in [-0.25, -0.2) is 0 Å². The van der Waals surface area contributed by atoms with Crippen LogP contribution >= 0.6 is 0 Å². The van der Waals surface area contributed by atoms with Crippen LogP contribution in [-0.4, -0.2) is 11.3 Å². The van der Waals surface area contributed by atoms with Crippen LogP contribution in [0.2, 0.25) is 0 Å². The number of anilines is 3. The first-order valence-electron chi connectivity index (χ1n) is 15.8. The van der Waals surface area contributed by atoms with Crippen LogP contribution in [0, 0.1) is 0 Å². The summed E-state index contributed by atoms with van der Waals surface area (Å²) in [5.41, 5.74) is 13.1. The minimum absolute atomic E-state index is 0.105. The molecule has 3 nitrogen and oxygen atoms in total. The van der Waals surface area contributed by atoms with Crippen molar-refractivity contribution >= 4 is 62.0 Å². The third kappa shape index (κ3) is 3.55. The van der Waals surface area contributed by atoms with Crippen molar-refractivity contribution in [1.82, 2.24) is 4.57 Å². The van der Waals surface area contributed by atoms with Crippen LogP contribution < -0.4 is 26.0 Å². The number of rotatable bonds is 3. The van der Waals surface area contributed by atoms with Gasteiger partial charge in [-0.15, -0.1) is 0 Å². The van der Waals surface area contributed by atoms with Gasteiger partial charge in [0.05, 0.1) is 16.7 Å². The van der Waals surface area contributed by atoms with E-state index in [1.54, 1.807) is 0 Å². The zero-order valence-electron chi connectivity index (χ0n) is 25.0. The Kier molecular flexibility index (Phi) is 5.37. The van der Waals surface area contributed by atoms with Crippen LogP contribution in [0.1, 0.15) is 0 Å². The van der Waals surface area contributed by atoms with Gasteiger partial charge in [0, 0.05) is 33.4 Å². The van der Waals surface area contributed by atoms with Gasteiger partial charge in [0.1, 0.15) is 11.5 Å². The number of hydrogen-bond acceptors (Lipinski definition) is 2. The van der Waals surface area contributed by atoms with Crippen LogP contribution in [0.5, 0.6) is 11.5 Å². The highest BCUT2D eigenvalue weighted by molar-refractivity contribution is 6.99.